The first-order valence-corrected chi connectivity index (χ1v) is 6.41. The molecule has 0 spiro atoms. The molecule has 0 saturated heterocycles. The molecule has 17 heavy (non-hydrogen) atoms. The fraction of sp³-hybridized carbons (Fsp3) is 0.600. The molecule has 0 aromatic heterocycles. The second kappa shape index (κ2) is 4.34. The van der Waals surface area contributed by atoms with Crippen LogP contribution in [0.4, 0.5) is 0 Å². The Labute approximate surface area is 104 Å². The van der Waals surface area contributed by atoms with Crippen LogP contribution in [0.5, 0.6) is 5.75 Å². The minimum atomic E-state index is 0.241. The molecule has 2 nitrogen and oxygen atoms in total. The molecule has 0 unspecified atom stereocenters. The third-order valence-corrected chi connectivity index (χ3v) is 4.50. The molecule has 0 aliphatic heterocycles. The van der Waals surface area contributed by atoms with Gasteiger partial charge in [-0.1, -0.05) is 6.42 Å². The van der Waals surface area contributed by atoms with Crippen LogP contribution in [-0.4, -0.2) is 13.7 Å². The largest absolute Gasteiger partial charge is 0.496 e. The molecule has 1 aromatic carbocycles. The molecule has 1 saturated carbocycles. The number of nitrogens with two attached hydrogens (primary N) is 1. The first-order chi connectivity index (χ1) is 8.05. The summed E-state index contributed by atoms with van der Waals surface area (Å²) in [5, 5.41) is 0. The van der Waals surface area contributed by atoms with Crippen LogP contribution in [-0.2, 0) is 5.41 Å². The average molecular weight is 233 g/mol. The number of hydrogen-bond donors (Lipinski definition) is 1. The van der Waals surface area contributed by atoms with E-state index in [0.29, 0.717) is 0 Å². The van der Waals surface area contributed by atoms with E-state index in [2.05, 4.69) is 26.8 Å². The number of rotatable bonds is 3. The predicted octanol–water partition coefficient (Wildman–Crippen LogP) is 3.00. The van der Waals surface area contributed by atoms with Crippen molar-refractivity contribution in [3.63, 3.8) is 0 Å². The SMILES string of the molecule is COc1cc(C)c(C2(CN)CCC2)c(C)c1C. The Hall–Kier alpha value is -1.02. The van der Waals surface area contributed by atoms with Crippen molar-refractivity contribution in [1.29, 1.82) is 0 Å². The van der Waals surface area contributed by atoms with E-state index in [1.165, 1.54) is 41.5 Å². The molecule has 0 heterocycles. The van der Waals surface area contributed by atoms with Gasteiger partial charge in [-0.05, 0) is 61.9 Å². The summed E-state index contributed by atoms with van der Waals surface area (Å²) >= 11 is 0. The number of aryl methyl sites for hydroxylation is 1. The minimum absolute atomic E-state index is 0.241. The summed E-state index contributed by atoms with van der Waals surface area (Å²) in [5.41, 5.74) is 11.7. The molecule has 2 N–H and O–H groups in total. The van der Waals surface area contributed by atoms with Crippen molar-refractivity contribution in [2.45, 2.75) is 45.4 Å². The van der Waals surface area contributed by atoms with Crippen LogP contribution < -0.4 is 10.5 Å². The lowest BCUT2D eigenvalue weighted by molar-refractivity contribution is 0.250. The van der Waals surface area contributed by atoms with Crippen molar-refractivity contribution >= 4 is 0 Å². The maximum Gasteiger partial charge on any atom is 0.122 e. The van der Waals surface area contributed by atoms with Crippen molar-refractivity contribution in [1.82, 2.24) is 0 Å². The van der Waals surface area contributed by atoms with Crippen molar-refractivity contribution in [3.8, 4) is 5.75 Å². The van der Waals surface area contributed by atoms with Gasteiger partial charge >= 0.3 is 0 Å². The first kappa shape index (κ1) is 12.4. The van der Waals surface area contributed by atoms with Gasteiger partial charge in [0.1, 0.15) is 5.75 Å². The standard InChI is InChI=1S/C15H23NO/c1-10-8-13(17-4)11(2)12(3)14(10)15(9-16)6-5-7-15/h8H,5-7,9,16H2,1-4H3. The van der Waals surface area contributed by atoms with Crippen LogP contribution in [0.25, 0.3) is 0 Å². The fourth-order valence-electron chi connectivity index (χ4n) is 3.23. The van der Waals surface area contributed by atoms with E-state index in [9.17, 15) is 0 Å². The number of hydrogen-bond acceptors (Lipinski definition) is 2. The van der Waals surface area contributed by atoms with Crippen molar-refractivity contribution < 1.29 is 4.74 Å². The summed E-state index contributed by atoms with van der Waals surface area (Å²) in [7, 11) is 1.74. The fourth-order valence-corrected chi connectivity index (χ4v) is 3.23. The molecule has 0 bridgehead atoms. The number of methoxy groups -OCH3 is 1. The van der Waals surface area contributed by atoms with Gasteiger partial charge in [0.15, 0.2) is 0 Å². The molecular formula is C15H23NO. The van der Waals surface area contributed by atoms with Crippen LogP contribution in [0, 0.1) is 20.8 Å². The Morgan fingerprint density at radius 3 is 2.29 bits per heavy atom. The van der Waals surface area contributed by atoms with Crippen LogP contribution in [0.2, 0.25) is 0 Å². The molecule has 1 aliphatic rings. The second-order valence-electron chi connectivity index (χ2n) is 5.36. The third-order valence-electron chi connectivity index (χ3n) is 4.50. The third kappa shape index (κ3) is 1.75. The highest BCUT2D eigenvalue weighted by Crippen LogP contribution is 2.47. The quantitative estimate of drug-likeness (QED) is 0.871. The van der Waals surface area contributed by atoms with E-state index in [4.69, 9.17) is 10.5 Å². The molecule has 2 rings (SSSR count). The Morgan fingerprint density at radius 2 is 1.88 bits per heavy atom. The van der Waals surface area contributed by atoms with Crippen LogP contribution in [0.1, 0.15) is 41.5 Å². The molecule has 0 atom stereocenters. The topological polar surface area (TPSA) is 35.2 Å². The number of ether oxygens (including phenoxy) is 1. The molecule has 0 amide bonds. The summed E-state index contributed by atoms with van der Waals surface area (Å²) in [5.74, 6) is 0.996. The average Bonchev–Trinajstić information content (AvgIpc) is 2.27. The molecule has 1 aliphatic carbocycles. The van der Waals surface area contributed by atoms with Gasteiger partial charge in [0, 0.05) is 12.0 Å². The zero-order valence-corrected chi connectivity index (χ0v) is 11.4. The Kier molecular flexibility index (Phi) is 3.17. The van der Waals surface area contributed by atoms with Gasteiger partial charge in [0.25, 0.3) is 0 Å². The van der Waals surface area contributed by atoms with Gasteiger partial charge in [-0.15, -0.1) is 0 Å². The number of benzene rings is 1. The van der Waals surface area contributed by atoms with E-state index in [1.54, 1.807) is 7.11 Å². The molecule has 1 aromatic rings. The van der Waals surface area contributed by atoms with Gasteiger partial charge < -0.3 is 10.5 Å². The molecular weight excluding hydrogens is 210 g/mol. The van der Waals surface area contributed by atoms with E-state index in [-0.39, 0.29) is 5.41 Å². The van der Waals surface area contributed by atoms with Crippen LogP contribution in [0.3, 0.4) is 0 Å². The van der Waals surface area contributed by atoms with Gasteiger partial charge in [0.2, 0.25) is 0 Å². The summed E-state index contributed by atoms with van der Waals surface area (Å²) < 4.78 is 5.43. The van der Waals surface area contributed by atoms with Gasteiger partial charge in [-0.2, -0.15) is 0 Å². The normalized spacial score (nSPS) is 17.7. The Morgan fingerprint density at radius 1 is 1.24 bits per heavy atom. The van der Waals surface area contributed by atoms with E-state index in [1.807, 2.05) is 0 Å². The second-order valence-corrected chi connectivity index (χ2v) is 5.36. The first-order valence-electron chi connectivity index (χ1n) is 6.41. The monoisotopic (exact) mass is 233 g/mol. The summed E-state index contributed by atoms with van der Waals surface area (Å²) in [6, 6.07) is 2.16. The Balaban J connectivity index is 2.58. The van der Waals surface area contributed by atoms with Crippen LogP contribution >= 0.6 is 0 Å². The van der Waals surface area contributed by atoms with E-state index in [0.717, 1.165) is 12.3 Å². The molecule has 2 heteroatoms. The van der Waals surface area contributed by atoms with E-state index >= 15 is 0 Å². The predicted molar refractivity (Wildman–Crippen MR) is 71.8 cm³/mol. The Bertz CT molecular complexity index is 428. The highest BCUT2D eigenvalue weighted by Gasteiger charge is 2.39. The molecule has 1 fully saturated rings. The zero-order chi connectivity index (χ0) is 12.6. The van der Waals surface area contributed by atoms with Crippen molar-refractivity contribution in [3.05, 3.63) is 28.3 Å². The van der Waals surface area contributed by atoms with Gasteiger partial charge in [-0.25, -0.2) is 0 Å². The van der Waals surface area contributed by atoms with Gasteiger partial charge in [-0.3, -0.25) is 0 Å². The minimum Gasteiger partial charge on any atom is -0.496 e. The lowest BCUT2D eigenvalue weighted by Gasteiger charge is -2.44. The maximum atomic E-state index is 6.03. The molecule has 0 radical (unpaired) electrons. The smallest absolute Gasteiger partial charge is 0.122 e. The van der Waals surface area contributed by atoms with E-state index < -0.39 is 0 Å². The van der Waals surface area contributed by atoms with Gasteiger partial charge in [0.05, 0.1) is 7.11 Å². The lowest BCUT2D eigenvalue weighted by Crippen LogP contribution is -2.42. The summed E-state index contributed by atoms with van der Waals surface area (Å²) in [6.07, 6.45) is 3.77. The highest BCUT2D eigenvalue weighted by atomic mass is 16.5. The summed E-state index contributed by atoms with van der Waals surface area (Å²) in [6.45, 7) is 7.29. The summed E-state index contributed by atoms with van der Waals surface area (Å²) in [4.78, 5) is 0. The van der Waals surface area contributed by atoms with Crippen molar-refractivity contribution in [2.75, 3.05) is 13.7 Å². The zero-order valence-electron chi connectivity index (χ0n) is 11.4. The van der Waals surface area contributed by atoms with Crippen LogP contribution in [0.15, 0.2) is 6.07 Å². The molecule has 94 valence electrons. The highest BCUT2D eigenvalue weighted by molar-refractivity contribution is 5.52. The lowest BCUT2D eigenvalue weighted by atomic mass is 9.62. The van der Waals surface area contributed by atoms with Crippen molar-refractivity contribution in [2.24, 2.45) is 5.73 Å². The maximum absolute atomic E-state index is 6.03.